The molecule has 1 amide bonds. The van der Waals surface area contributed by atoms with Gasteiger partial charge in [0.2, 0.25) is 0 Å². The highest BCUT2D eigenvalue weighted by Crippen LogP contribution is 2.24. The van der Waals surface area contributed by atoms with Crippen LogP contribution in [0.25, 0.3) is 10.9 Å². The molecule has 1 atom stereocenters. The molecule has 0 aliphatic carbocycles. The number of H-pyrrole nitrogens is 1. The number of nitrogens with one attached hydrogen (secondary N) is 2. The van der Waals surface area contributed by atoms with E-state index in [2.05, 4.69) is 30.2 Å². The van der Waals surface area contributed by atoms with Crippen molar-refractivity contribution in [1.29, 1.82) is 0 Å². The monoisotopic (exact) mass is 258 g/mol. The number of hydrogen-bond acceptors (Lipinski definition) is 1. The summed E-state index contributed by atoms with van der Waals surface area (Å²) in [6, 6.07) is 6.10. The maximum absolute atomic E-state index is 12.3. The molecule has 0 spiro atoms. The van der Waals surface area contributed by atoms with E-state index >= 15 is 0 Å². The Morgan fingerprint density at radius 3 is 2.79 bits per heavy atom. The summed E-state index contributed by atoms with van der Waals surface area (Å²) >= 11 is 0. The lowest BCUT2D eigenvalue weighted by atomic mass is 10.1. The highest BCUT2D eigenvalue weighted by atomic mass is 16.1. The van der Waals surface area contributed by atoms with Crippen molar-refractivity contribution in [3.05, 3.63) is 35.0 Å². The number of benzene rings is 1. The van der Waals surface area contributed by atoms with E-state index in [4.69, 9.17) is 0 Å². The van der Waals surface area contributed by atoms with Gasteiger partial charge >= 0.3 is 0 Å². The van der Waals surface area contributed by atoms with Crippen LogP contribution in [0.1, 0.15) is 48.3 Å². The first kappa shape index (κ1) is 13.7. The summed E-state index contributed by atoms with van der Waals surface area (Å²) in [4.78, 5) is 15.7. The van der Waals surface area contributed by atoms with Crippen molar-refractivity contribution in [2.75, 3.05) is 0 Å². The summed E-state index contributed by atoms with van der Waals surface area (Å²) in [6.45, 7) is 8.29. The molecule has 0 saturated heterocycles. The van der Waals surface area contributed by atoms with Gasteiger partial charge in [0.15, 0.2) is 0 Å². The zero-order valence-electron chi connectivity index (χ0n) is 12.1. The number of rotatable bonds is 4. The number of amides is 1. The van der Waals surface area contributed by atoms with E-state index in [1.807, 2.05) is 26.0 Å². The van der Waals surface area contributed by atoms with Crippen molar-refractivity contribution >= 4 is 16.8 Å². The lowest BCUT2D eigenvalue weighted by Gasteiger charge is -2.13. The number of aryl methyl sites for hydroxylation is 2. The van der Waals surface area contributed by atoms with E-state index in [1.165, 1.54) is 5.56 Å². The molecule has 0 aliphatic heterocycles. The van der Waals surface area contributed by atoms with Gasteiger partial charge in [-0.3, -0.25) is 4.79 Å². The molecule has 19 heavy (non-hydrogen) atoms. The molecule has 0 aliphatic rings. The Morgan fingerprint density at radius 1 is 1.37 bits per heavy atom. The summed E-state index contributed by atoms with van der Waals surface area (Å²) < 4.78 is 0. The zero-order chi connectivity index (χ0) is 14.0. The van der Waals surface area contributed by atoms with E-state index < -0.39 is 0 Å². The third kappa shape index (κ3) is 2.65. The third-order valence-electron chi connectivity index (χ3n) is 3.69. The lowest BCUT2D eigenvalue weighted by Crippen LogP contribution is -2.32. The number of para-hydroxylation sites is 1. The Balaban J connectivity index is 2.35. The van der Waals surface area contributed by atoms with Gasteiger partial charge in [-0.15, -0.1) is 0 Å². The predicted molar refractivity (Wildman–Crippen MR) is 79.6 cm³/mol. The normalized spacial score (nSPS) is 12.6. The Labute approximate surface area is 114 Å². The second-order valence-electron chi connectivity index (χ2n) is 5.27. The van der Waals surface area contributed by atoms with Gasteiger partial charge < -0.3 is 10.3 Å². The molecule has 3 nitrogen and oxygen atoms in total. The quantitative estimate of drug-likeness (QED) is 0.863. The lowest BCUT2D eigenvalue weighted by molar-refractivity contribution is 0.0940. The van der Waals surface area contributed by atoms with Crippen LogP contribution < -0.4 is 5.32 Å². The molecular formula is C16H22N2O. The van der Waals surface area contributed by atoms with Crippen molar-refractivity contribution in [3.63, 3.8) is 0 Å². The fourth-order valence-electron chi connectivity index (χ4n) is 2.48. The topological polar surface area (TPSA) is 44.9 Å². The molecular weight excluding hydrogens is 236 g/mol. The third-order valence-corrected chi connectivity index (χ3v) is 3.69. The van der Waals surface area contributed by atoms with Crippen LogP contribution in [0.15, 0.2) is 18.2 Å². The second-order valence-corrected chi connectivity index (χ2v) is 5.27. The van der Waals surface area contributed by atoms with Crippen LogP contribution >= 0.6 is 0 Å². The largest absolute Gasteiger partial charge is 0.358 e. The Hall–Kier alpha value is -1.77. The number of hydrogen-bond donors (Lipinski definition) is 2. The number of fused-ring (bicyclic) bond motifs is 1. The molecule has 0 saturated carbocycles. The molecule has 102 valence electrons. The molecule has 0 fully saturated rings. The first-order valence-corrected chi connectivity index (χ1v) is 6.93. The number of carbonyl (C=O) groups is 1. The minimum absolute atomic E-state index is 0.00722. The Morgan fingerprint density at radius 2 is 2.11 bits per heavy atom. The molecule has 2 N–H and O–H groups in total. The van der Waals surface area contributed by atoms with Crippen molar-refractivity contribution in [1.82, 2.24) is 10.3 Å². The van der Waals surface area contributed by atoms with Gasteiger partial charge in [-0.25, -0.2) is 0 Å². The van der Waals surface area contributed by atoms with Crippen molar-refractivity contribution in [2.45, 2.75) is 46.6 Å². The number of aromatic nitrogens is 1. The molecule has 0 unspecified atom stereocenters. The predicted octanol–water partition coefficient (Wildman–Crippen LogP) is 3.70. The summed E-state index contributed by atoms with van der Waals surface area (Å²) in [5, 5.41) is 4.19. The van der Waals surface area contributed by atoms with E-state index in [1.54, 1.807) is 0 Å². The molecule has 1 heterocycles. The number of carbonyl (C=O) groups excluding carboxylic acids is 1. The molecule has 2 aromatic rings. The Kier molecular flexibility index (Phi) is 3.93. The molecule has 1 aromatic carbocycles. The molecule has 0 bridgehead atoms. The minimum Gasteiger partial charge on any atom is -0.358 e. The second kappa shape index (κ2) is 5.47. The van der Waals surface area contributed by atoms with Crippen molar-refractivity contribution in [3.8, 4) is 0 Å². The molecule has 2 rings (SSSR count). The average molecular weight is 258 g/mol. The van der Waals surface area contributed by atoms with E-state index in [0.29, 0.717) is 0 Å². The van der Waals surface area contributed by atoms with Gasteiger partial charge in [-0.1, -0.05) is 25.5 Å². The van der Waals surface area contributed by atoms with Crippen LogP contribution in [0, 0.1) is 13.8 Å². The minimum atomic E-state index is 0.00722. The van der Waals surface area contributed by atoms with E-state index in [9.17, 15) is 4.79 Å². The highest BCUT2D eigenvalue weighted by molar-refractivity contribution is 6.06. The van der Waals surface area contributed by atoms with Gasteiger partial charge in [0.1, 0.15) is 0 Å². The summed E-state index contributed by atoms with van der Waals surface area (Å²) in [6.07, 6.45) is 2.08. The summed E-state index contributed by atoms with van der Waals surface area (Å²) in [5.74, 6) is 0.00722. The molecule has 0 radical (unpaired) electrons. The maximum Gasteiger partial charge on any atom is 0.253 e. The zero-order valence-corrected chi connectivity index (χ0v) is 12.1. The van der Waals surface area contributed by atoms with E-state index in [-0.39, 0.29) is 11.9 Å². The fourth-order valence-corrected chi connectivity index (χ4v) is 2.48. The van der Waals surface area contributed by atoms with Crippen molar-refractivity contribution in [2.24, 2.45) is 0 Å². The first-order valence-electron chi connectivity index (χ1n) is 6.93. The Bertz CT molecular complexity index is 598. The summed E-state index contributed by atoms with van der Waals surface area (Å²) in [7, 11) is 0. The van der Waals surface area contributed by atoms with Crippen LogP contribution in [-0.4, -0.2) is 16.9 Å². The number of aromatic amines is 1. The van der Waals surface area contributed by atoms with Gasteiger partial charge in [0, 0.05) is 17.1 Å². The van der Waals surface area contributed by atoms with Gasteiger partial charge in [-0.05, 0) is 38.8 Å². The van der Waals surface area contributed by atoms with Crippen LogP contribution in [0.3, 0.4) is 0 Å². The van der Waals surface area contributed by atoms with Gasteiger partial charge in [0.05, 0.1) is 11.1 Å². The van der Waals surface area contributed by atoms with Crippen molar-refractivity contribution < 1.29 is 4.79 Å². The fraction of sp³-hybridized carbons (Fsp3) is 0.438. The molecule has 1 aromatic heterocycles. The molecule has 3 heteroatoms. The first-order chi connectivity index (χ1) is 9.04. The smallest absolute Gasteiger partial charge is 0.253 e. The SMILES string of the molecule is CCC[C@@H](C)NC(=O)c1cccc2c(C)c(C)[nH]c12. The standard InChI is InChI=1S/C16H22N2O/c1-5-7-10(2)17-16(19)14-9-6-8-13-11(3)12(4)18-15(13)14/h6,8-10,18H,5,7H2,1-4H3,(H,17,19)/t10-/m1/s1. The summed E-state index contributed by atoms with van der Waals surface area (Å²) in [5.41, 5.74) is 4.01. The van der Waals surface area contributed by atoms with Crippen LogP contribution in [0.4, 0.5) is 0 Å². The van der Waals surface area contributed by atoms with Crippen LogP contribution in [-0.2, 0) is 0 Å². The average Bonchev–Trinajstić information content (AvgIpc) is 2.65. The van der Waals surface area contributed by atoms with Crippen LogP contribution in [0.2, 0.25) is 0 Å². The van der Waals surface area contributed by atoms with Gasteiger partial charge in [0.25, 0.3) is 5.91 Å². The van der Waals surface area contributed by atoms with E-state index in [0.717, 1.165) is 35.0 Å². The van der Waals surface area contributed by atoms with Crippen LogP contribution in [0.5, 0.6) is 0 Å². The highest BCUT2D eigenvalue weighted by Gasteiger charge is 2.15. The maximum atomic E-state index is 12.3. The van der Waals surface area contributed by atoms with Gasteiger partial charge in [-0.2, -0.15) is 0 Å².